The second kappa shape index (κ2) is 8.57. The molecule has 0 aromatic carbocycles. The highest BCUT2D eigenvalue weighted by molar-refractivity contribution is 5.70. The van der Waals surface area contributed by atoms with E-state index in [1.807, 2.05) is 11.0 Å². The fourth-order valence-corrected chi connectivity index (χ4v) is 3.23. The summed E-state index contributed by atoms with van der Waals surface area (Å²) in [5, 5.41) is 23.5. The number of carboxylic acid groups (broad SMARTS) is 1. The molecule has 31 heavy (non-hydrogen) atoms. The molecule has 0 radical (unpaired) electrons. The number of hydrogen-bond acceptors (Lipinski definition) is 9. The lowest BCUT2D eigenvalue weighted by Gasteiger charge is -2.34. The quantitative estimate of drug-likeness (QED) is 0.463. The molecule has 0 unspecified atom stereocenters. The molecule has 12 nitrogen and oxygen atoms in total. The van der Waals surface area contributed by atoms with E-state index in [0.29, 0.717) is 43.3 Å². The van der Waals surface area contributed by atoms with Gasteiger partial charge >= 0.3 is 6.09 Å². The summed E-state index contributed by atoms with van der Waals surface area (Å²) in [7, 11) is 0. The fourth-order valence-electron chi connectivity index (χ4n) is 3.23. The second-order valence-corrected chi connectivity index (χ2v) is 6.76. The summed E-state index contributed by atoms with van der Waals surface area (Å²) < 4.78 is 0. The molecule has 158 valence electrons. The second-order valence-electron chi connectivity index (χ2n) is 6.76. The lowest BCUT2D eigenvalue weighted by Crippen LogP contribution is -2.48. The van der Waals surface area contributed by atoms with Crippen LogP contribution in [0.3, 0.4) is 0 Å². The molecule has 0 bridgehead atoms. The zero-order valence-electron chi connectivity index (χ0n) is 16.2. The van der Waals surface area contributed by atoms with E-state index in [0.717, 1.165) is 5.69 Å². The van der Waals surface area contributed by atoms with Gasteiger partial charge in [-0.15, -0.1) is 0 Å². The zero-order chi connectivity index (χ0) is 21.8. The van der Waals surface area contributed by atoms with Crippen molar-refractivity contribution < 1.29 is 14.8 Å². The van der Waals surface area contributed by atoms with Crippen LogP contribution in [-0.4, -0.2) is 67.1 Å². The van der Waals surface area contributed by atoms with Crippen LogP contribution in [0.1, 0.15) is 0 Å². The van der Waals surface area contributed by atoms with Crippen LogP contribution in [0.4, 0.5) is 27.8 Å². The largest absolute Gasteiger partial charge is 0.465 e. The van der Waals surface area contributed by atoms with Crippen LogP contribution in [0, 0.1) is 10.1 Å². The minimum atomic E-state index is -0.935. The van der Waals surface area contributed by atoms with Crippen molar-refractivity contribution in [3.05, 3.63) is 59.3 Å². The molecule has 1 fully saturated rings. The van der Waals surface area contributed by atoms with Crippen LogP contribution in [0.5, 0.6) is 0 Å². The highest BCUT2D eigenvalue weighted by atomic mass is 16.6. The number of nitrogens with one attached hydrogen (secondary N) is 1. The Balaban J connectivity index is 1.62. The molecule has 0 saturated carbocycles. The van der Waals surface area contributed by atoms with E-state index >= 15 is 0 Å². The summed E-state index contributed by atoms with van der Waals surface area (Å²) in [6, 6.07) is 4.53. The van der Waals surface area contributed by atoms with Gasteiger partial charge in [0.15, 0.2) is 0 Å². The molecule has 0 aliphatic carbocycles. The molecule has 3 aromatic heterocycles. The van der Waals surface area contributed by atoms with Gasteiger partial charge in [-0.2, -0.15) is 0 Å². The van der Waals surface area contributed by atoms with Crippen LogP contribution in [-0.2, 0) is 0 Å². The van der Waals surface area contributed by atoms with Crippen LogP contribution < -0.4 is 10.2 Å². The van der Waals surface area contributed by atoms with E-state index in [9.17, 15) is 14.9 Å². The summed E-state index contributed by atoms with van der Waals surface area (Å²) in [4.78, 5) is 42.2. The maximum Gasteiger partial charge on any atom is 0.407 e. The van der Waals surface area contributed by atoms with Gasteiger partial charge in [0.05, 0.1) is 34.8 Å². The topological polar surface area (TPSA) is 151 Å². The lowest BCUT2D eigenvalue weighted by molar-refractivity contribution is -0.384. The van der Waals surface area contributed by atoms with Gasteiger partial charge in [-0.05, 0) is 6.07 Å². The molecule has 1 aliphatic heterocycles. The molecule has 4 rings (SSSR count). The van der Waals surface area contributed by atoms with Gasteiger partial charge in [0, 0.05) is 56.4 Å². The number of pyridine rings is 2. The number of hydrogen-bond donors (Lipinski definition) is 2. The van der Waals surface area contributed by atoms with Gasteiger partial charge in [0.25, 0.3) is 5.69 Å². The highest BCUT2D eigenvalue weighted by Gasteiger charge is 2.21. The van der Waals surface area contributed by atoms with Gasteiger partial charge in [0.2, 0.25) is 0 Å². The van der Waals surface area contributed by atoms with Crippen LogP contribution in [0.15, 0.2) is 49.2 Å². The number of piperazine rings is 1. The molecule has 1 amide bonds. The maximum absolute atomic E-state index is 11.4. The first-order chi connectivity index (χ1) is 15.0. The van der Waals surface area contributed by atoms with E-state index in [-0.39, 0.29) is 11.5 Å². The van der Waals surface area contributed by atoms with E-state index in [2.05, 4.69) is 25.3 Å². The molecular formula is C19H18N8O4. The number of nitro groups is 1. The third kappa shape index (κ3) is 4.63. The summed E-state index contributed by atoms with van der Waals surface area (Å²) in [5.41, 5.74) is 1.64. The molecule has 12 heteroatoms. The third-order valence-electron chi connectivity index (χ3n) is 4.78. The van der Waals surface area contributed by atoms with Crippen molar-refractivity contribution in [2.75, 3.05) is 36.4 Å². The van der Waals surface area contributed by atoms with Crippen LogP contribution in [0.25, 0.3) is 11.3 Å². The smallest absolute Gasteiger partial charge is 0.407 e. The standard InChI is InChI=1S/C19H18N8O4/c28-19(29)26-5-3-25(4-6-26)15-7-13(10-21-11-15)16-8-14(27(30)31)9-17(23-16)24-18-12-20-1-2-22-18/h1-2,7-12H,3-6H2,(H,28,29)(H,22,23,24). The molecule has 1 saturated heterocycles. The normalized spacial score (nSPS) is 13.7. The lowest BCUT2D eigenvalue weighted by atomic mass is 10.1. The SMILES string of the molecule is O=C(O)N1CCN(c2cncc(-c3cc([N+](=O)[O-])cc(Nc4cnccn4)n3)c2)CC1. The maximum atomic E-state index is 11.4. The van der Waals surface area contributed by atoms with Gasteiger partial charge < -0.3 is 20.2 Å². The van der Waals surface area contributed by atoms with E-state index in [1.54, 1.807) is 12.4 Å². The zero-order valence-corrected chi connectivity index (χ0v) is 16.2. The predicted molar refractivity (Wildman–Crippen MR) is 111 cm³/mol. The Kier molecular flexibility index (Phi) is 5.51. The monoisotopic (exact) mass is 422 g/mol. The average Bonchev–Trinajstić information content (AvgIpc) is 2.79. The highest BCUT2D eigenvalue weighted by Crippen LogP contribution is 2.28. The van der Waals surface area contributed by atoms with Crippen molar-refractivity contribution in [3.63, 3.8) is 0 Å². The first-order valence-corrected chi connectivity index (χ1v) is 9.37. The number of aromatic nitrogens is 4. The Bertz CT molecular complexity index is 1100. The Hall–Kier alpha value is -4.35. The van der Waals surface area contributed by atoms with E-state index in [1.165, 1.54) is 35.6 Å². The summed E-state index contributed by atoms with van der Waals surface area (Å²) in [6.07, 6.45) is 6.82. The summed E-state index contributed by atoms with van der Waals surface area (Å²) in [6.45, 7) is 1.83. The van der Waals surface area contributed by atoms with Crippen molar-refractivity contribution in [2.24, 2.45) is 0 Å². The Morgan fingerprint density at radius 1 is 1.03 bits per heavy atom. The number of anilines is 3. The fraction of sp³-hybridized carbons (Fsp3) is 0.211. The number of rotatable bonds is 5. The van der Waals surface area contributed by atoms with Crippen molar-refractivity contribution >= 4 is 29.1 Å². The molecule has 2 N–H and O–H groups in total. The molecule has 1 aliphatic rings. The molecule has 3 aromatic rings. The number of carbonyl (C=O) groups is 1. The van der Waals surface area contributed by atoms with Crippen LogP contribution in [0.2, 0.25) is 0 Å². The van der Waals surface area contributed by atoms with Gasteiger partial charge in [-0.25, -0.2) is 14.8 Å². The Labute approximate surface area is 176 Å². The van der Waals surface area contributed by atoms with Gasteiger partial charge in [-0.3, -0.25) is 20.1 Å². The van der Waals surface area contributed by atoms with Crippen molar-refractivity contribution in [3.8, 4) is 11.3 Å². The Morgan fingerprint density at radius 2 is 1.84 bits per heavy atom. The van der Waals surface area contributed by atoms with Crippen LogP contribution >= 0.6 is 0 Å². The predicted octanol–water partition coefficient (Wildman–Crippen LogP) is 2.39. The van der Waals surface area contributed by atoms with Crippen molar-refractivity contribution in [1.29, 1.82) is 0 Å². The molecule has 0 atom stereocenters. The molecule has 0 spiro atoms. The number of nitrogens with zero attached hydrogens (tertiary/aromatic N) is 7. The number of amides is 1. The minimum absolute atomic E-state index is 0.128. The average molecular weight is 422 g/mol. The minimum Gasteiger partial charge on any atom is -0.465 e. The van der Waals surface area contributed by atoms with Crippen molar-refractivity contribution in [1.82, 2.24) is 24.8 Å². The molecular weight excluding hydrogens is 404 g/mol. The van der Waals surface area contributed by atoms with Gasteiger partial charge in [-0.1, -0.05) is 0 Å². The summed E-state index contributed by atoms with van der Waals surface area (Å²) >= 11 is 0. The first-order valence-electron chi connectivity index (χ1n) is 9.37. The van der Waals surface area contributed by atoms with E-state index < -0.39 is 11.0 Å². The molecule has 4 heterocycles. The summed E-state index contributed by atoms with van der Waals surface area (Å²) in [5.74, 6) is 0.662. The first kappa shape index (κ1) is 19.9. The van der Waals surface area contributed by atoms with Gasteiger partial charge in [0.1, 0.15) is 11.6 Å². The van der Waals surface area contributed by atoms with Crippen molar-refractivity contribution in [2.45, 2.75) is 0 Å². The third-order valence-corrected chi connectivity index (χ3v) is 4.78. The Morgan fingerprint density at radius 3 is 2.52 bits per heavy atom. The van der Waals surface area contributed by atoms with E-state index in [4.69, 9.17) is 5.11 Å².